The molecule has 2 amide bonds. The van der Waals surface area contributed by atoms with Gasteiger partial charge in [0.15, 0.2) is 0 Å². The number of nitrogens with one attached hydrogen (secondary N) is 2. The zero-order chi connectivity index (χ0) is 13.9. The molecule has 0 aromatic rings. The van der Waals surface area contributed by atoms with Crippen molar-refractivity contribution in [2.75, 3.05) is 24.7 Å². The van der Waals surface area contributed by atoms with Crippen LogP contribution in [0.4, 0.5) is 4.79 Å². The fourth-order valence-corrected chi connectivity index (χ4v) is 3.40. The number of rotatable bonds is 3. The number of carboxylic acid groups (broad SMARTS) is 1. The minimum Gasteiger partial charge on any atom is -0.481 e. The fourth-order valence-electron chi connectivity index (χ4n) is 2.32. The van der Waals surface area contributed by atoms with Crippen molar-refractivity contribution < 1.29 is 19.4 Å². The molecule has 0 bridgehead atoms. The lowest BCUT2D eigenvalue weighted by molar-refractivity contribution is -0.148. The van der Waals surface area contributed by atoms with Crippen LogP contribution < -0.4 is 10.6 Å². The van der Waals surface area contributed by atoms with Gasteiger partial charge in [0, 0.05) is 11.8 Å². The third kappa shape index (κ3) is 3.33. The van der Waals surface area contributed by atoms with Crippen LogP contribution in [0.3, 0.4) is 0 Å². The van der Waals surface area contributed by atoms with Gasteiger partial charge in [0.1, 0.15) is 5.41 Å². The molecule has 2 rings (SSSR count). The molecule has 6 nitrogen and oxygen atoms in total. The van der Waals surface area contributed by atoms with Crippen LogP contribution in [0, 0.1) is 5.41 Å². The lowest BCUT2D eigenvalue weighted by atomic mass is 9.85. The molecular weight excluding hydrogens is 268 g/mol. The Bertz CT molecular complexity index is 360. The van der Waals surface area contributed by atoms with Gasteiger partial charge in [-0.2, -0.15) is 11.8 Å². The minimum absolute atomic E-state index is 0.132. The summed E-state index contributed by atoms with van der Waals surface area (Å²) in [6.07, 6.45) is 2.09. The summed E-state index contributed by atoms with van der Waals surface area (Å²) in [6, 6.07) is -0.603. The van der Waals surface area contributed by atoms with Crippen molar-refractivity contribution in [3.63, 3.8) is 0 Å². The predicted molar refractivity (Wildman–Crippen MR) is 72.4 cm³/mol. The molecule has 2 heterocycles. The Morgan fingerprint density at radius 2 is 2.21 bits per heavy atom. The van der Waals surface area contributed by atoms with Crippen LogP contribution in [0.2, 0.25) is 0 Å². The van der Waals surface area contributed by atoms with Crippen LogP contribution >= 0.6 is 11.8 Å². The molecule has 0 aromatic heterocycles. The van der Waals surface area contributed by atoms with Crippen molar-refractivity contribution in [3.8, 4) is 0 Å². The summed E-state index contributed by atoms with van der Waals surface area (Å²) in [4.78, 5) is 23.1. The number of aliphatic carboxylic acids is 1. The number of hydrogen-bond acceptors (Lipinski definition) is 4. The number of hydrogen-bond donors (Lipinski definition) is 3. The molecule has 7 heteroatoms. The zero-order valence-electron chi connectivity index (χ0n) is 11.0. The van der Waals surface area contributed by atoms with E-state index in [0.717, 1.165) is 24.3 Å². The number of urea groups is 1. The highest BCUT2D eigenvalue weighted by Gasteiger charge is 2.47. The highest BCUT2D eigenvalue weighted by molar-refractivity contribution is 7.99. The number of amides is 2. The van der Waals surface area contributed by atoms with E-state index in [2.05, 4.69) is 10.6 Å². The van der Waals surface area contributed by atoms with E-state index in [9.17, 15) is 14.7 Å². The van der Waals surface area contributed by atoms with Gasteiger partial charge in [-0.1, -0.05) is 0 Å². The number of carbonyl (C=O) groups excluding carboxylic acids is 1. The summed E-state index contributed by atoms with van der Waals surface area (Å²) in [6.45, 7) is 1.98. The molecule has 0 aliphatic carbocycles. The highest BCUT2D eigenvalue weighted by Crippen LogP contribution is 2.28. The smallest absolute Gasteiger partial charge is 0.315 e. The topological polar surface area (TPSA) is 87.7 Å². The molecular formula is C12H20N2O4S. The highest BCUT2D eigenvalue weighted by atomic mass is 32.2. The van der Waals surface area contributed by atoms with Gasteiger partial charge < -0.3 is 20.5 Å². The van der Waals surface area contributed by atoms with Crippen molar-refractivity contribution in [1.82, 2.24) is 10.6 Å². The summed E-state index contributed by atoms with van der Waals surface area (Å²) in [5, 5.41) is 14.9. The molecule has 2 aliphatic heterocycles. The molecule has 3 N–H and O–H groups in total. The third-order valence-corrected chi connectivity index (χ3v) is 4.96. The Hall–Kier alpha value is -0.950. The molecule has 2 saturated heterocycles. The lowest BCUT2D eigenvalue weighted by Crippen LogP contribution is -2.54. The predicted octanol–water partition coefficient (Wildman–Crippen LogP) is 0.671. The van der Waals surface area contributed by atoms with E-state index < -0.39 is 17.4 Å². The first-order valence-electron chi connectivity index (χ1n) is 6.48. The fraction of sp³-hybridized carbons (Fsp3) is 0.833. The molecule has 0 radical (unpaired) electrons. The molecule has 0 aromatic carbocycles. The number of carbonyl (C=O) groups is 2. The van der Waals surface area contributed by atoms with E-state index in [1.54, 1.807) is 6.92 Å². The third-order valence-electron chi connectivity index (χ3n) is 3.74. The van der Waals surface area contributed by atoms with E-state index in [1.165, 1.54) is 0 Å². The van der Waals surface area contributed by atoms with Crippen LogP contribution in [0.25, 0.3) is 0 Å². The molecule has 3 atom stereocenters. The molecule has 0 saturated carbocycles. The average molecular weight is 288 g/mol. The van der Waals surface area contributed by atoms with Crippen LogP contribution in [0.1, 0.15) is 19.8 Å². The SMILES string of the molecule is CC1(C(=O)O)COCC1NC(=O)NC1CCCSC1. The van der Waals surface area contributed by atoms with Gasteiger partial charge in [0.25, 0.3) is 0 Å². The minimum atomic E-state index is -1.04. The molecule has 108 valence electrons. The van der Waals surface area contributed by atoms with Crippen LogP contribution in [0.15, 0.2) is 0 Å². The first-order chi connectivity index (χ1) is 9.02. The number of thioether (sulfide) groups is 1. The van der Waals surface area contributed by atoms with E-state index >= 15 is 0 Å². The van der Waals surface area contributed by atoms with Gasteiger partial charge in [0.2, 0.25) is 0 Å². The normalized spacial score (nSPS) is 34.8. The maximum absolute atomic E-state index is 11.9. The molecule has 19 heavy (non-hydrogen) atoms. The van der Waals surface area contributed by atoms with Crippen molar-refractivity contribution in [3.05, 3.63) is 0 Å². The van der Waals surface area contributed by atoms with Crippen LogP contribution in [-0.2, 0) is 9.53 Å². The zero-order valence-corrected chi connectivity index (χ0v) is 11.8. The second-order valence-corrected chi connectivity index (χ2v) is 6.47. The molecule has 2 aliphatic rings. The van der Waals surface area contributed by atoms with E-state index in [-0.39, 0.29) is 25.3 Å². The summed E-state index contributed by atoms with van der Waals surface area (Å²) < 4.78 is 5.20. The first kappa shape index (κ1) is 14.5. The maximum Gasteiger partial charge on any atom is 0.315 e. The van der Waals surface area contributed by atoms with Gasteiger partial charge in [-0.05, 0) is 25.5 Å². The Morgan fingerprint density at radius 1 is 1.42 bits per heavy atom. The lowest BCUT2D eigenvalue weighted by Gasteiger charge is -2.28. The largest absolute Gasteiger partial charge is 0.481 e. The second kappa shape index (κ2) is 6.00. The van der Waals surface area contributed by atoms with Crippen molar-refractivity contribution >= 4 is 23.8 Å². The van der Waals surface area contributed by atoms with Gasteiger partial charge in [-0.25, -0.2) is 4.79 Å². The van der Waals surface area contributed by atoms with Crippen LogP contribution in [0.5, 0.6) is 0 Å². The van der Waals surface area contributed by atoms with Gasteiger partial charge in [-0.15, -0.1) is 0 Å². The standard InChI is InChI=1S/C12H20N2O4S/c1-12(10(15)16)7-18-5-9(12)14-11(17)13-8-3-2-4-19-6-8/h8-9H,2-7H2,1H3,(H,15,16)(H2,13,14,17). The Kier molecular flexibility index (Phi) is 4.57. The summed E-state index contributed by atoms with van der Waals surface area (Å²) in [5.74, 6) is 1.13. The Labute approximate surface area is 116 Å². The maximum atomic E-state index is 11.9. The number of carboxylic acids is 1. The van der Waals surface area contributed by atoms with Crippen molar-refractivity contribution in [2.45, 2.75) is 31.8 Å². The monoisotopic (exact) mass is 288 g/mol. The van der Waals surface area contributed by atoms with Gasteiger partial charge in [0.05, 0.1) is 19.3 Å². The molecule has 2 fully saturated rings. The van der Waals surface area contributed by atoms with Crippen molar-refractivity contribution in [2.24, 2.45) is 5.41 Å². The Morgan fingerprint density at radius 3 is 2.84 bits per heavy atom. The molecule has 3 unspecified atom stereocenters. The van der Waals surface area contributed by atoms with Crippen LogP contribution in [-0.4, -0.2) is 53.9 Å². The first-order valence-corrected chi connectivity index (χ1v) is 7.64. The second-order valence-electron chi connectivity index (χ2n) is 5.32. The van der Waals surface area contributed by atoms with Crippen molar-refractivity contribution in [1.29, 1.82) is 0 Å². The van der Waals surface area contributed by atoms with E-state index in [0.29, 0.717) is 0 Å². The summed E-state index contributed by atoms with van der Waals surface area (Å²) >= 11 is 1.83. The quantitative estimate of drug-likeness (QED) is 0.710. The summed E-state index contributed by atoms with van der Waals surface area (Å²) in [7, 11) is 0. The Balaban J connectivity index is 1.86. The van der Waals surface area contributed by atoms with Gasteiger partial charge >= 0.3 is 12.0 Å². The average Bonchev–Trinajstić information content (AvgIpc) is 2.73. The number of ether oxygens (including phenoxy) is 1. The van der Waals surface area contributed by atoms with Gasteiger partial charge in [-0.3, -0.25) is 4.79 Å². The summed E-state index contributed by atoms with van der Waals surface area (Å²) in [5.41, 5.74) is -1.04. The van der Waals surface area contributed by atoms with E-state index in [1.807, 2.05) is 11.8 Å². The molecule has 0 spiro atoms. The van der Waals surface area contributed by atoms with E-state index in [4.69, 9.17) is 4.74 Å².